The van der Waals surface area contributed by atoms with Crippen LogP contribution in [0.25, 0.3) is 0 Å². The normalized spacial score (nSPS) is 16.1. The second kappa shape index (κ2) is 5.32. The zero-order chi connectivity index (χ0) is 13.1. The van der Waals surface area contributed by atoms with Crippen LogP contribution in [0, 0.1) is 6.92 Å². The Morgan fingerprint density at radius 2 is 2.06 bits per heavy atom. The molecule has 0 saturated heterocycles. The number of carbonyl (C=O) groups excluding carboxylic acids is 1. The van der Waals surface area contributed by atoms with E-state index in [1.54, 1.807) is 6.92 Å². The van der Waals surface area contributed by atoms with E-state index in [4.69, 9.17) is 5.73 Å². The Hall–Kier alpha value is -1.35. The minimum atomic E-state index is -0.795. The first kappa shape index (κ1) is 13.7. The Kier molecular flexibility index (Phi) is 4.29. The van der Waals surface area contributed by atoms with Crippen molar-refractivity contribution in [2.75, 3.05) is 0 Å². The van der Waals surface area contributed by atoms with E-state index < -0.39 is 5.54 Å². The number of carbonyl (C=O) groups is 1. The Bertz CT molecular complexity index is 399. The van der Waals surface area contributed by atoms with Gasteiger partial charge in [0, 0.05) is 0 Å². The third-order valence-corrected chi connectivity index (χ3v) is 3.26. The minimum absolute atomic E-state index is 0.0156. The molecule has 17 heavy (non-hydrogen) atoms. The van der Waals surface area contributed by atoms with Gasteiger partial charge in [-0.05, 0) is 38.3 Å². The lowest BCUT2D eigenvalue weighted by molar-refractivity contribution is -0.126. The highest BCUT2D eigenvalue weighted by molar-refractivity contribution is 5.85. The van der Waals surface area contributed by atoms with Crippen molar-refractivity contribution in [1.82, 2.24) is 5.32 Å². The molecule has 3 N–H and O–H groups in total. The van der Waals surface area contributed by atoms with Crippen LogP contribution in [0.15, 0.2) is 24.3 Å². The number of hydrogen-bond donors (Lipinski definition) is 2. The average molecular weight is 234 g/mol. The molecule has 0 fully saturated rings. The van der Waals surface area contributed by atoms with E-state index >= 15 is 0 Å². The molecule has 1 unspecified atom stereocenters. The minimum Gasteiger partial charge on any atom is -0.348 e. The van der Waals surface area contributed by atoms with Crippen molar-refractivity contribution >= 4 is 5.91 Å². The van der Waals surface area contributed by atoms with Gasteiger partial charge in [-0.15, -0.1) is 0 Å². The largest absolute Gasteiger partial charge is 0.348 e. The van der Waals surface area contributed by atoms with Crippen molar-refractivity contribution < 1.29 is 4.79 Å². The van der Waals surface area contributed by atoms with Crippen LogP contribution in [0.2, 0.25) is 0 Å². The van der Waals surface area contributed by atoms with Crippen LogP contribution >= 0.6 is 0 Å². The average Bonchev–Trinajstić information content (AvgIpc) is 2.29. The van der Waals surface area contributed by atoms with Gasteiger partial charge in [-0.2, -0.15) is 0 Å². The van der Waals surface area contributed by atoms with Gasteiger partial charge in [-0.1, -0.05) is 31.2 Å². The van der Waals surface area contributed by atoms with Crippen molar-refractivity contribution in [1.29, 1.82) is 0 Å². The van der Waals surface area contributed by atoms with Crippen LogP contribution in [-0.4, -0.2) is 11.4 Å². The first-order chi connectivity index (χ1) is 7.88. The summed E-state index contributed by atoms with van der Waals surface area (Å²) < 4.78 is 0. The molecule has 0 saturated carbocycles. The Morgan fingerprint density at radius 1 is 1.47 bits per heavy atom. The van der Waals surface area contributed by atoms with Crippen molar-refractivity contribution in [3.05, 3.63) is 35.4 Å². The number of hydrogen-bond acceptors (Lipinski definition) is 2. The summed E-state index contributed by atoms with van der Waals surface area (Å²) in [4.78, 5) is 12.0. The smallest absolute Gasteiger partial charge is 0.240 e. The van der Waals surface area contributed by atoms with Gasteiger partial charge >= 0.3 is 0 Å². The van der Waals surface area contributed by atoms with Crippen LogP contribution in [0.3, 0.4) is 0 Å². The molecule has 3 heteroatoms. The van der Waals surface area contributed by atoms with Gasteiger partial charge in [0.05, 0.1) is 11.6 Å². The molecule has 2 atom stereocenters. The van der Waals surface area contributed by atoms with Gasteiger partial charge in [-0.25, -0.2) is 0 Å². The molecule has 0 aliphatic rings. The molecule has 0 spiro atoms. The monoisotopic (exact) mass is 234 g/mol. The van der Waals surface area contributed by atoms with Crippen LogP contribution < -0.4 is 11.1 Å². The summed E-state index contributed by atoms with van der Waals surface area (Å²) in [5.41, 5.74) is 7.43. The standard InChI is InChI=1S/C14H22N2O/c1-5-14(4,15)13(17)16-11(3)12-9-7-6-8-10(12)2/h6-9,11H,5,15H2,1-4H3,(H,16,17)/t11-,14?/m0/s1. The number of benzene rings is 1. The Morgan fingerprint density at radius 3 is 2.59 bits per heavy atom. The number of aryl methyl sites for hydroxylation is 1. The maximum absolute atomic E-state index is 12.0. The number of nitrogens with two attached hydrogens (primary N) is 1. The fraction of sp³-hybridized carbons (Fsp3) is 0.500. The fourth-order valence-corrected chi connectivity index (χ4v) is 1.67. The van der Waals surface area contributed by atoms with Gasteiger partial charge in [0.25, 0.3) is 0 Å². The van der Waals surface area contributed by atoms with Gasteiger partial charge in [0.2, 0.25) is 5.91 Å². The van der Waals surface area contributed by atoms with E-state index in [9.17, 15) is 4.79 Å². The van der Waals surface area contributed by atoms with Crippen molar-refractivity contribution in [2.24, 2.45) is 5.73 Å². The van der Waals surface area contributed by atoms with Gasteiger partial charge in [0.15, 0.2) is 0 Å². The lowest BCUT2D eigenvalue weighted by Gasteiger charge is -2.25. The topological polar surface area (TPSA) is 55.1 Å². The molecule has 3 nitrogen and oxygen atoms in total. The molecular formula is C14H22N2O. The predicted octanol–water partition coefficient (Wildman–Crippen LogP) is 2.30. The fourth-order valence-electron chi connectivity index (χ4n) is 1.67. The maximum Gasteiger partial charge on any atom is 0.240 e. The highest BCUT2D eigenvalue weighted by atomic mass is 16.2. The summed E-state index contributed by atoms with van der Waals surface area (Å²) in [6, 6.07) is 8.02. The summed E-state index contributed by atoms with van der Waals surface area (Å²) in [5.74, 6) is -0.101. The SMILES string of the molecule is CCC(C)(N)C(=O)N[C@@H](C)c1ccccc1C. The molecule has 0 aromatic heterocycles. The molecule has 94 valence electrons. The zero-order valence-corrected chi connectivity index (χ0v) is 11.1. The molecule has 1 rings (SSSR count). The summed E-state index contributed by atoms with van der Waals surface area (Å²) >= 11 is 0. The first-order valence-corrected chi connectivity index (χ1v) is 6.04. The molecule has 0 heterocycles. The van der Waals surface area contributed by atoms with Gasteiger partial charge in [0.1, 0.15) is 0 Å². The zero-order valence-electron chi connectivity index (χ0n) is 11.1. The van der Waals surface area contributed by atoms with E-state index in [0.717, 1.165) is 5.56 Å². The molecule has 1 amide bonds. The number of amides is 1. The quantitative estimate of drug-likeness (QED) is 0.840. The lowest BCUT2D eigenvalue weighted by atomic mass is 9.97. The van der Waals surface area contributed by atoms with Crippen molar-refractivity contribution in [2.45, 2.75) is 45.7 Å². The number of rotatable bonds is 4. The summed E-state index contributed by atoms with van der Waals surface area (Å²) in [7, 11) is 0. The molecule has 0 aliphatic carbocycles. The van der Waals surface area contributed by atoms with E-state index in [1.807, 2.05) is 45.0 Å². The van der Waals surface area contributed by atoms with Crippen LogP contribution in [0.5, 0.6) is 0 Å². The molecule has 0 bridgehead atoms. The number of nitrogens with one attached hydrogen (secondary N) is 1. The highest BCUT2D eigenvalue weighted by Gasteiger charge is 2.27. The second-order valence-corrected chi connectivity index (χ2v) is 4.82. The van der Waals surface area contributed by atoms with E-state index in [-0.39, 0.29) is 11.9 Å². The molecule has 1 aromatic carbocycles. The molecule has 0 radical (unpaired) electrons. The molecular weight excluding hydrogens is 212 g/mol. The molecule has 1 aromatic rings. The maximum atomic E-state index is 12.0. The third kappa shape index (κ3) is 3.30. The van der Waals surface area contributed by atoms with Crippen LogP contribution in [-0.2, 0) is 4.79 Å². The van der Waals surface area contributed by atoms with Crippen LogP contribution in [0.4, 0.5) is 0 Å². The van der Waals surface area contributed by atoms with Crippen LogP contribution in [0.1, 0.15) is 44.4 Å². The van der Waals surface area contributed by atoms with Gasteiger partial charge < -0.3 is 11.1 Å². The summed E-state index contributed by atoms with van der Waals surface area (Å²) in [6.07, 6.45) is 0.624. The van der Waals surface area contributed by atoms with E-state index in [0.29, 0.717) is 6.42 Å². The highest BCUT2D eigenvalue weighted by Crippen LogP contribution is 2.17. The third-order valence-electron chi connectivity index (χ3n) is 3.26. The van der Waals surface area contributed by atoms with Crippen molar-refractivity contribution in [3.8, 4) is 0 Å². The van der Waals surface area contributed by atoms with E-state index in [2.05, 4.69) is 5.32 Å². The Balaban J connectivity index is 2.77. The second-order valence-electron chi connectivity index (χ2n) is 4.82. The Labute approximate surface area is 103 Å². The van der Waals surface area contributed by atoms with E-state index in [1.165, 1.54) is 5.56 Å². The summed E-state index contributed by atoms with van der Waals surface area (Å²) in [5, 5.41) is 2.96. The molecule has 0 aliphatic heterocycles. The summed E-state index contributed by atoms with van der Waals surface area (Å²) in [6.45, 7) is 7.69. The predicted molar refractivity (Wildman–Crippen MR) is 70.6 cm³/mol. The van der Waals surface area contributed by atoms with Gasteiger partial charge in [-0.3, -0.25) is 4.79 Å². The first-order valence-electron chi connectivity index (χ1n) is 6.04. The van der Waals surface area contributed by atoms with Crippen molar-refractivity contribution in [3.63, 3.8) is 0 Å². The lowest BCUT2D eigenvalue weighted by Crippen LogP contribution is -2.51.